The van der Waals surface area contributed by atoms with Gasteiger partial charge in [0, 0.05) is 12.2 Å². The van der Waals surface area contributed by atoms with Gasteiger partial charge in [-0.2, -0.15) is 0 Å². The minimum absolute atomic E-state index is 0.0640. The number of nitrogens with two attached hydrogens (primary N) is 1. The van der Waals surface area contributed by atoms with Crippen molar-refractivity contribution in [1.29, 1.82) is 0 Å². The van der Waals surface area contributed by atoms with Crippen molar-refractivity contribution in [2.24, 2.45) is 17.0 Å². The van der Waals surface area contributed by atoms with Gasteiger partial charge in [0.25, 0.3) is 0 Å². The lowest BCUT2D eigenvalue weighted by Gasteiger charge is -2.28. The summed E-state index contributed by atoms with van der Waals surface area (Å²) < 4.78 is 22.3. The number of carboxylic acids is 1. The SMILES string of the molecule is NS(=O)(=O)c1ccc(NCC2CCCCC2C(=O)O)cc1. The van der Waals surface area contributed by atoms with Gasteiger partial charge in [-0.15, -0.1) is 0 Å². The summed E-state index contributed by atoms with van der Waals surface area (Å²) in [5.41, 5.74) is 0.761. The number of aliphatic carboxylic acids is 1. The summed E-state index contributed by atoms with van der Waals surface area (Å²) in [6.45, 7) is 0.575. The largest absolute Gasteiger partial charge is 0.481 e. The van der Waals surface area contributed by atoms with Gasteiger partial charge in [0.15, 0.2) is 0 Å². The highest BCUT2D eigenvalue weighted by Gasteiger charge is 2.30. The standard InChI is InChI=1S/C14H20N2O4S/c15-21(19,20)12-7-5-11(6-8-12)16-9-10-3-1-2-4-13(10)14(17)18/h5-8,10,13,16H,1-4,9H2,(H,17,18)(H2,15,19,20). The molecule has 116 valence electrons. The molecule has 7 heteroatoms. The Labute approximate surface area is 124 Å². The maximum Gasteiger partial charge on any atom is 0.306 e. The molecule has 2 unspecified atom stereocenters. The molecule has 1 aromatic carbocycles. The number of primary sulfonamides is 1. The van der Waals surface area contributed by atoms with Crippen molar-refractivity contribution >= 4 is 21.7 Å². The third-order valence-electron chi connectivity index (χ3n) is 3.98. The zero-order valence-corrected chi connectivity index (χ0v) is 12.5. The lowest BCUT2D eigenvalue weighted by molar-refractivity contribution is -0.144. The Morgan fingerprint density at radius 2 is 1.86 bits per heavy atom. The lowest BCUT2D eigenvalue weighted by Crippen LogP contribution is -2.31. The quantitative estimate of drug-likeness (QED) is 0.765. The monoisotopic (exact) mass is 312 g/mol. The lowest BCUT2D eigenvalue weighted by atomic mass is 9.79. The van der Waals surface area contributed by atoms with Gasteiger partial charge in [-0.3, -0.25) is 4.79 Å². The fraction of sp³-hybridized carbons (Fsp3) is 0.500. The highest BCUT2D eigenvalue weighted by molar-refractivity contribution is 7.89. The van der Waals surface area contributed by atoms with Gasteiger partial charge in [0.2, 0.25) is 10.0 Å². The van der Waals surface area contributed by atoms with E-state index in [9.17, 15) is 18.3 Å². The van der Waals surface area contributed by atoms with Crippen LogP contribution in [0.5, 0.6) is 0 Å². The summed E-state index contributed by atoms with van der Waals surface area (Å²) in [5.74, 6) is -0.921. The molecule has 0 radical (unpaired) electrons. The summed E-state index contributed by atoms with van der Waals surface area (Å²) in [6.07, 6.45) is 3.66. The van der Waals surface area contributed by atoms with E-state index in [-0.39, 0.29) is 16.7 Å². The molecule has 0 aliphatic heterocycles. The van der Waals surface area contributed by atoms with Crippen LogP contribution in [0.25, 0.3) is 0 Å². The zero-order valence-electron chi connectivity index (χ0n) is 11.7. The van der Waals surface area contributed by atoms with Crippen LogP contribution in [-0.4, -0.2) is 26.0 Å². The molecule has 1 aliphatic carbocycles. The summed E-state index contributed by atoms with van der Waals surface area (Å²) in [7, 11) is -3.68. The Morgan fingerprint density at radius 3 is 2.43 bits per heavy atom. The van der Waals surface area contributed by atoms with E-state index < -0.39 is 16.0 Å². The molecule has 0 amide bonds. The number of anilines is 1. The van der Waals surface area contributed by atoms with Crippen LogP contribution in [0.3, 0.4) is 0 Å². The average Bonchev–Trinajstić information content (AvgIpc) is 2.45. The smallest absolute Gasteiger partial charge is 0.306 e. The van der Waals surface area contributed by atoms with Gasteiger partial charge in [-0.1, -0.05) is 12.8 Å². The van der Waals surface area contributed by atoms with Crippen LogP contribution in [0.15, 0.2) is 29.2 Å². The summed E-state index contributed by atoms with van der Waals surface area (Å²) in [5, 5.41) is 17.4. The summed E-state index contributed by atoms with van der Waals surface area (Å²) in [6, 6.07) is 6.15. The molecular formula is C14H20N2O4S. The second-order valence-corrected chi connectivity index (χ2v) is 7.00. The predicted octanol–water partition coefficient (Wildman–Crippen LogP) is 1.64. The Hall–Kier alpha value is -1.60. The van der Waals surface area contributed by atoms with Gasteiger partial charge in [-0.05, 0) is 43.0 Å². The number of rotatable bonds is 5. The van der Waals surface area contributed by atoms with Gasteiger partial charge in [-0.25, -0.2) is 13.6 Å². The van der Waals surface area contributed by atoms with Crippen LogP contribution < -0.4 is 10.5 Å². The van der Waals surface area contributed by atoms with Crippen molar-refractivity contribution in [2.45, 2.75) is 30.6 Å². The number of sulfonamides is 1. The third kappa shape index (κ3) is 4.18. The van der Waals surface area contributed by atoms with Gasteiger partial charge in [0.1, 0.15) is 0 Å². The van der Waals surface area contributed by atoms with Crippen molar-refractivity contribution in [2.75, 3.05) is 11.9 Å². The molecular weight excluding hydrogens is 292 g/mol. The number of hydrogen-bond acceptors (Lipinski definition) is 4. The van der Waals surface area contributed by atoms with Crippen LogP contribution in [0.4, 0.5) is 5.69 Å². The van der Waals surface area contributed by atoms with E-state index in [0.29, 0.717) is 6.54 Å². The molecule has 2 rings (SSSR count). The molecule has 0 bridgehead atoms. The fourth-order valence-corrected chi connectivity index (χ4v) is 3.30. The average molecular weight is 312 g/mol. The van der Waals surface area contributed by atoms with E-state index in [0.717, 1.165) is 31.4 Å². The van der Waals surface area contributed by atoms with E-state index in [1.807, 2.05) is 0 Å². The molecule has 21 heavy (non-hydrogen) atoms. The number of benzene rings is 1. The number of carbonyl (C=O) groups is 1. The number of hydrogen-bond donors (Lipinski definition) is 3. The topological polar surface area (TPSA) is 109 Å². The molecule has 0 aromatic heterocycles. The summed E-state index contributed by atoms with van der Waals surface area (Å²) in [4.78, 5) is 11.3. The van der Waals surface area contributed by atoms with E-state index >= 15 is 0 Å². The second kappa shape index (κ2) is 6.44. The Morgan fingerprint density at radius 1 is 1.24 bits per heavy atom. The van der Waals surface area contributed by atoms with E-state index in [1.54, 1.807) is 12.1 Å². The molecule has 2 atom stereocenters. The van der Waals surface area contributed by atoms with E-state index in [2.05, 4.69) is 5.32 Å². The molecule has 4 N–H and O–H groups in total. The van der Waals surface area contributed by atoms with Crippen molar-refractivity contribution in [1.82, 2.24) is 0 Å². The fourth-order valence-electron chi connectivity index (χ4n) is 2.79. The van der Waals surface area contributed by atoms with E-state index in [4.69, 9.17) is 5.14 Å². The van der Waals surface area contributed by atoms with Crippen molar-refractivity contribution in [3.05, 3.63) is 24.3 Å². The molecule has 0 spiro atoms. The van der Waals surface area contributed by atoms with Crippen LogP contribution in [0, 0.1) is 11.8 Å². The molecule has 1 fully saturated rings. The minimum Gasteiger partial charge on any atom is -0.481 e. The van der Waals surface area contributed by atoms with Gasteiger partial charge in [0.05, 0.1) is 10.8 Å². The highest BCUT2D eigenvalue weighted by Crippen LogP contribution is 2.30. The summed E-state index contributed by atoms with van der Waals surface area (Å²) >= 11 is 0. The van der Waals surface area contributed by atoms with Gasteiger partial charge >= 0.3 is 5.97 Å². The first-order valence-corrected chi connectivity index (χ1v) is 8.52. The van der Waals surface area contributed by atoms with Crippen LogP contribution in [0.2, 0.25) is 0 Å². The van der Waals surface area contributed by atoms with Crippen LogP contribution in [-0.2, 0) is 14.8 Å². The molecule has 1 aromatic rings. The van der Waals surface area contributed by atoms with Crippen molar-refractivity contribution < 1.29 is 18.3 Å². The van der Waals surface area contributed by atoms with Crippen molar-refractivity contribution in [3.63, 3.8) is 0 Å². The van der Waals surface area contributed by atoms with Gasteiger partial charge < -0.3 is 10.4 Å². The first-order valence-electron chi connectivity index (χ1n) is 6.97. The second-order valence-electron chi connectivity index (χ2n) is 5.44. The van der Waals surface area contributed by atoms with Crippen LogP contribution >= 0.6 is 0 Å². The molecule has 0 heterocycles. The Kier molecular flexibility index (Phi) is 4.84. The third-order valence-corrected chi connectivity index (χ3v) is 4.91. The highest BCUT2D eigenvalue weighted by atomic mass is 32.2. The minimum atomic E-state index is -3.68. The predicted molar refractivity (Wildman–Crippen MR) is 79.4 cm³/mol. The first-order chi connectivity index (χ1) is 9.88. The Bertz CT molecular complexity index is 598. The zero-order chi connectivity index (χ0) is 15.5. The van der Waals surface area contributed by atoms with E-state index in [1.165, 1.54) is 12.1 Å². The first kappa shape index (κ1) is 15.8. The molecule has 0 saturated heterocycles. The molecule has 6 nitrogen and oxygen atoms in total. The maximum absolute atomic E-state index is 11.2. The Balaban J connectivity index is 1.97. The molecule has 1 saturated carbocycles. The molecule has 1 aliphatic rings. The number of nitrogens with one attached hydrogen (secondary N) is 1. The van der Waals surface area contributed by atoms with Crippen molar-refractivity contribution in [3.8, 4) is 0 Å². The number of carboxylic acid groups (broad SMARTS) is 1. The maximum atomic E-state index is 11.2. The van der Waals surface area contributed by atoms with Crippen LogP contribution in [0.1, 0.15) is 25.7 Å². The normalized spacial score (nSPS) is 22.7.